The second kappa shape index (κ2) is 8.23. The topological polar surface area (TPSA) is 54.5 Å². The van der Waals surface area contributed by atoms with E-state index in [2.05, 4.69) is 15.2 Å². The highest BCUT2D eigenvalue weighted by atomic mass is 32.1. The molecule has 2 atom stereocenters. The number of thiophene rings is 1. The van der Waals surface area contributed by atoms with Crippen LogP contribution in [-0.2, 0) is 0 Å². The van der Waals surface area contributed by atoms with Gasteiger partial charge in [-0.25, -0.2) is 4.98 Å². The van der Waals surface area contributed by atoms with E-state index in [-0.39, 0.29) is 11.9 Å². The number of pyridine rings is 1. The lowest BCUT2D eigenvalue weighted by Gasteiger charge is -2.41. The first-order valence-electron chi connectivity index (χ1n) is 11.2. The van der Waals surface area contributed by atoms with Crippen LogP contribution in [0.1, 0.15) is 67.5 Å². The molecule has 1 amide bonds. The zero-order valence-electron chi connectivity index (χ0n) is 17.2. The van der Waals surface area contributed by atoms with Gasteiger partial charge in [0.05, 0.1) is 12.5 Å². The molecule has 0 aromatic carbocycles. The molecule has 1 N–H and O–H groups in total. The number of piperidine rings is 1. The standard InChI is InChI=1S/C23H31N3O2S/c1-28-20-19-8-5-11-24-23(19)29-21(20)22(27)25-16-12-17-9-10-18(13-16)26(17)14-15-6-3-2-4-7-15/h5,8,11,15-18H,2-4,6-7,9-10,12-14H2,1H3,(H,25,27). The maximum absolute atomic E-state index is 13.1. The first kappa shape index (κ1) is 19.3. The molecule has 0 radical (unpaired) electrons. The molecule has 2 aromatic rings. The van der Waals surface area contributed by atoms with Crippen molar-refractivity contribution in [3.05, 3.63) is 23.2 Å². The third-order valence-corrected chi connectivity index (χ3v) is 8.34. The van der Waals surface area contributed by atoms with E-state index in [4.69, 9.17) is 4.74 Å². The van der Waals surface area contributed by atoms with Crippen molar-refractivity contribution in [1.82, 2.24) is 15.2 Å². The minimum absolute atomic E-state index is 0.00465. The first-order valence-corrected chi connectivity index (χ1v) is 12.0. The van der Waals surface area contributed by atoms with E-state index in [1.807, 2.05) is 12.1 Å². The molecule has 5 rings (SSSR count). The van der Waals surface area contributed by atoms with Crippen molar-refractivity contribution in [3.8, 4) is 5.75 Å². The van der Waals surface area contributed by atoms with Crippen LogP contribution in [0.15, 0.2) is 18.3 Å². The number of methoxy groups -OCH3 is 1. The Hall–Kier alpha value is -1.66. The summed E-state index contributed by atoms with van der Waals surface area (Å²) in [6, 6.07) is 5.42. The van der Waals surface area contributed by atoms with Crippen molar-refractivity contribution in [1.29, 1.82) is 0 Å². The number of nitrogens with one attached hydrogen (secondary N) is 1. The second-order valence-corrected chi connectivity index (χ2v) is 10.0. The molecule has 3 aliphatic rings. The van der Waals surface area contributed by atoms with Gasteiger partial charge in [-0.1, -0.05) is 19.3 Å². The summed E-state index contributed by atoms with van der Waals surface area (Å²) in [5.74, 6) is 1.55. The fourth-order valence-electron chi connectivity index (χ4n) is 5.87. The molecule has 6 heteroatoms. The number of hydrogen-bond donors (Lipinski definition) is 1. The largest absolute Gasteiger partial charge is 0.494 e. The highest BCUT2D eigenvalue weighted by Gasteiger charge is 2.42. The predicted molar refractivity (Wildman–Crippen MR) is 117 cm³/mol. The Bertz CT molecular complexity index is 862. The van der Waals surface area contributed by atoms with E-state index in [0.717, 1.165) is 29.0 Å². The van der Waals surface area contributed by atoms with Crippen LogP contribution in [0.5, 0.6) is 5.75 Å². The van der Waals surface area contributed by atoms with E-state index in [1.54, 1.807) is 13.3 Å². The van der Waals surface area contributed by atoms with Gasteiger partial charge in [0.15, 0.2) is 5.75 Å². The van der Waals surface area contributed by atoms with E-state index < -0.39 is 0 Å². The van der Waals surface area contributed by atoms with Gasteiger partial charge in [0, 0.05) is 30.9 Å². The maximum Gasteiger partial charge on any atom is 0.265 e. The highest BCUT2D eigenvalue weighted by molar-refractivity contribution is 7.20. The molecule has 2 saturated heterocycles. The first-order chi connectivity index (χ1) is 14.2. The molecule has 2 aliphatic heterocycles. The molecule has 5 nitrogen and oxygen atoms in total. The average molecular weight is 414 g/mol. The normalized spacial score (nSPS) is 28.0. The quantitative estimate of drug-likeness (QED) is 0.778. The van der Waals surface area contributed by atoms with Gasteiger partial charge < -0.3 is 10.1 Å². The minimum atomic E-state index is -0.00465. The molecule has 0 spiro atoms. The lowest BCUT2D eigenvalue weighted by molar-refractivity contribution is 0.0762. The van der Waals surface area contributed by atoms with Crippen LogP contribution in [-0.4, -0.2) is 47.6 Å². The molecule has 2 aromatic heterocycles. The fraction of sp³-hybridized carbons (Fsp3) is 0.652. The van der Waals surface area contributed by atoms with E-state index in [9.17, 15) is 4.79 Å². The summed E-state index contributed by atoms with van der Waals surface area (Å²) in [4.78, 5) is 21.8. The van der Waals surface area contributed by atoms with Crippen molar-refractivity contribution in [3.63, 3.8) is 0 Å². The average Bonchev–Trinajstić information content (AvgIpc) is 3.22. The predicted octanol–water partition coefficient (Wildman–Crippen LogP) is 4.61. The van der Waals surface area contributed by atoms with Crippen molar-refractivity contribution < 1.29 is 9.53 Å². The van der Waals surface area contributed by atoms with Crippen LogP contribution in [0.4, 0.5) is 0 Å². The van der Waals surface area contributed by atoms with Gasteiger partial charge in [0.1, 0.15) is 9.71 Å². The number of fused-ring (bicyclic) bond motifs is 3. The van der Waals surface area contributed by atoms with Crippen molar-refractivity contribution in [2.24, 2.45) is 5.92 Å². The number of amides is 1. The monoisotopic (exact) mass is 413 g/mol. The molecule has 3 fully saturated rings. The number of aromatic nitrogens is 1. The molecule has 156 valence electrons. The summed E-state index contributed by atoms with van der Waals surface area (Å²) in [6.07, 6.45) is 13.6. The summed E-state index contributed by atoms with van der Waals surface area (Å²) >= 11 is 1.43. The zero-order chi connectivity index (χ0) is 19.8. The van der Waals surface area contributed by atoms with Gasteiger partial charge in [-0.05, 0) is 56.6 Å². The van der Waals surface area contributed by atoms with Crippen LogP contribution >= 0.6 is 11.3 Å². The Morgan fingerprint density at radius 2 is 1.97 bits per heavy atom. The second-order valence-electron chi connectivity index (χ2n) is 9.05. The van der Waals surface area contributed by atoms with E-state index in [1.165, 1.54) is 62.8 Å². The fourth-order valence-corrected chi connectivity index (χ4v) is 6.89. The minimum Gasteiger partial charge on any atom is -0.494 e. The number of carbonyl (C=O) groups excluding carboxylic acids is 1. The Morgan fingerprint density at radius 3 is 2.69 bits per heavy atom. The number of ether oxygens (including phenoxy) is 1. The number of rotatable bonds is 5. The molecule has 1 aliphatic carbocycles. The summed E-state index contributed by atoms with van der Waals surface area (Å²) in [6.45, 7) is 1.28. The summed E-state index contributed by atoms with van der Waals surface area (Å²) in [5, 5.41) is 4.26. The molecule has 4 heterocycles. The van der Waals surface area contributed by atoms with Crippen LogP contribution < -0.4 is 10.1 Å². The Labute approximate surface area is 176 Å². The van der Waals surface area contributed by atoms with Crippen LogP contribution in [0.3, 0.4) is 0 Å². The lowest BCUT2D eigenvalue weighted by atomic mass is 9.87. The van der Waals surface area contributed by atoms with Gasteiger partial charge >= 0.3 is 0 Å². The molecule has 1 saturated carbocycles. The van der Waals surface area contributed by atoms with Gasteiger partial charge in [0.25, 0.3) is 5.91 Å². The number of hydrogen-bond acceptors (Lipinski definition) is 5. The Morgan fingerprint density at radius 1 is 1.21 bits per heavy atom. The molecule has 29 heavy (non-hydrogen) atoms. The van der Waals surface area contributed by atoms with Crippen LogP contribution in [0, 0.1) is 5.92 Å². The van der Waals surface area contributed by atoms with Gasteiger partial charge in [-0.3, -0.25) is 9.69 Å². The van der Waals surface area contributed by atoms with Crippen molar-refractivity contribution in [2.75, 3.05) is 13.7 Å². The highest BCUT2D eigenvalue weighted by Crippen LogP contribution is 2.39. The van der Waals surface area contributed by atoms with Crippen molar-refractivity contribution in [2.45, 2.75) is 75.9 Å². The SMILES string of the molecule is COc1c(C(=O)NC2CC3CCC(C2)N3CC2CCCCC2)sc2ncccc12. The summed E-state index contributed by atoms with van der Waals surface area (Å²) < 4.78 is 5.57. The van der Waals surface area contributed by atoms with Crippen LogP contribution in [0.25, 0.3) is 10.2 Å². The number of carbonyl (C=O) groups is 1. The van der Waals surface area contributed by atoms with Crippen LogP contribution in [0.2, 0.25) is 0 Å². The lowest BCUT2D eigenvalue weighted by Crippen LogP contribution is -2.51. The molecular formula is C23H31N3O2S. The van der Waals surface area contributed by atoms with E-state index >= 15 is 0 Å². The third-order valence-electron chi connectivity index (χ3n) is 7.24. The zero-order valence-corrected chi connectivity index (χ0v) is 18.0. The summed E-state index contributed by atoms with van der Waals surface area (Å²) in [7, 11) is 1.63. The molecule has 2 bridgehead atoms. The smallest absolute Gasteiger partial charge is 0.265 e. The van der Waals surface area contributed by atoms with Crippen molar-refractivity contribution >= 4 is 27.5 Å². The van der Waals surface area contributed by atoms with Gasteiger partial charge in [-0.15, -0.1) is 11.3 Å². The maximum atomic E-state index is 13.1. The summed E-state index contributed by atoms with van der Waals surface area (Å²) in [5.41, 5.74) is 0. The Balaban J connectivity index is 1.25. The molecular weight excluding hydrogens is 382 g/mol. The third kappa shape index (κ3) is 3.77. The van der Waals surface area contributed by atoms with Gasteiger partial charge in [0.2, 0.25) is 0 Å². The van der Waals surface area contributed by atoms with Gasteiger partial charge in [-0.2, -0.15) is 0 Å². The number of nitrogens with zero attached hydrogens (tertiary/aromatic N) is 2. The van der Waals surface area contributed by atoms with E-state index in [0.29, 0.717) is 22.7 Å². The molecule has 2 unspecified atom stereocenters. The Kier molecular flexibility index (Phi) is 5.48.